The molecule has 0 aliphatic carbocycles. The minimum atomic E-state index is -3.87. The molecule has 8 heteroatoms. The second-order valence-electron chi connectivity index (χ2n) is 5.36. The van der Waals surface area contributed by atoms with Gasteiger partial charge in [-0.05, 0) is 43.2 Å². The van der Waals surface area contributed by atoms with Gasteiger partial charge in [0.1, 0.15) is 0 Å². The molecule has 0 radical (unpaired) electrons. The van der Waals surface area contributed by atoms with Crippen LogP contribution in [0.1, 0.15) is 11.1 Å². The minimum absolute atomic E-state index is 0.110. The predicted octanol–water partition coefficient (Wildman–Crippen LogP) is 1.70. The van der Waals surface area contributed by atoms with Gasteiger partial charge in [0.25, 0.3) is 15.9 Å². The Labute approximate surface area is 147 Å². The van der Waals surface area contributed by atoms with Gasteiger partial charge in [0.2, 0.25) is 0 Å². The molecular weight excluding hydrogens is 344 g/mol. The Kier molecular flexibility index (Phi) is 6.00. The second kappa shape index (κ2) is 8.00. The van der Waals surface area contributed by atoms with Crippen molar-refractivity contribution in [2.45, 2.75) is 18.7 Å². The molecule has 0 saturated heterocycles. The number of aryl methyl sites for hydroxylation is 2. The quantitative estimate of drug-likeness (QED) is 0.730. The largest absolute Gasteiger partial charge is 0.493 e. The van der Waals surface area contributed by atoms with Crippen LogP contribution in [0.25, 0.3) is 0 Å². The topological polar surface area (TPSA) is 93.7 Å². The lowest BCUT2D eigenvalue weighted by atomic mass is 10.2. The first-order valence-electron chi connectivity index (χ1n) is 7.47. The third-order valence-corrected chi connectivity index (χ3v) is 4.78. The van der Waals surface area contributed by atoms with E-state index >= 15 is 0 Å². The van der Waals surface area contributed by atoms with Gasteiger partial charge in [0, 0.05) is 0 Å². The Hall–Kier alpha value is -2.58. The minimum Gasteiger partial charge on any atom is -0.493 e. The van der Waals surface area contributed by atoms with Gasteiger partial charge in [-0.25, -0.2) is 8.42 Å². The van der Waals surface area contributed by atoms with Crippen LogP contribution >= 0.6 is 0 Å². The molecule has 0 aliphatic rings. The van der Waals surface area contributed by atoms with Crippen LogP contribution in [-0.4, -0.2) is 28.0 Å². The first-order valence-corrected chi connectivity index (χ1v) is 8.95. The summed E-state index contributed by atoms with van der Waals surface area (Å²) >= 11 is 0. The van der Waals surface area contributed by atoms with Crippen LogP contribution in [0.5, 0.6) is 11.5 Å². The number of benzene rings is 2. The maximum absolute atomic E-state index is 12.3. The third kappa shape index (κ3) is 4.94. The second-order valence-corrected chi connectivity index (χ2v) is 7.01. The fraction of sp³-hybridized carbons (Fsp3) is 0.235. The molecule has 0 saturated carbocycles. The van der Waals surface area contributed by atoms with Crippen LogP contribution in [-0.2, 0) is 14.8 Å². The summed E-state index contributed by atoms with van der Waals surface area (Å²) in [6.07, 6.45) is 0. The summed E-state index contributed by atoms with van der Waals surface area (Å²) in [6.45, 7) is 3.11. The van der Waals surface area contributed by atoms with Crippen molar-refractivity contribution in [1.29, 1.82) is 0 Å². The van der Waals surface area contributed by atoms with Crippen molar-refractivity contribution in [3.63, 3.8) is 0 Å². The highest BCUT2D eigenvalue weighted by Crippen LogP contribution is 2.25. The molecule has 0 aromatic heterocycles. The highest BCUT2D eigenvalue weighted by molar-refractivity contribution is 7.89. The van der Waals surface area contributed by atoms with E-state index in [1.54, 1.807) is 44.2 Å². The van der Waals surface area contributed by atoms with Crippen molar-refractivity contribution < 1.29 is 22.7 Å². The molecule has 134 valence electrons. The fourth-order valence-corrected chi connectivity index (χ4v) is 3.28. The standard InChI is InChI=1S/C17H20N2O5S/c1-12-8-9-13(2)16(10-12)25(21,22)19-18-17(20)11-24-15-7-5-4-6-14(15)23-3/h4-10,19H,11H2,1-3H3,(H,18,20). The normalized spacial score (nSPS) is 11.0. The molecule has 2 N–H and O–H groups in total. The summed E-state index contributed by atoms with van der Waals surface area (Å²) < 4.78 is 35.0. The van der Waals surface area contributed by atoms with E-state index in [1.165, 1.54) is 13.2 Å². The van der Waals surface area contributed by atoms with Gasteiger partial charge in [-0.1, -0.05) is 24.3 Å². The van der Waals surface area contributed by atoms with Gasteiger partial charge in [-0.2, -0.15) is 0 Å². The van der Waals surface area contributed by atoms with Crippen LogP contribution in [0.3, 0.4) is 0 Å². The molecular formula is C17H20N2O5S. The average molecular weight is 364 g/mol. The zero-order valence-corrected chi connectivity index (χ0v) is 15.0. The summed E-state index contributed by atoms with van der Waals surface area (Å²) in [5.41, 5.74) is 3.52. The molecule has 0 heterocycles. The van der Waals surface area contributed by atoms with Gasteiger partial charge in [-0.15, -0.1) is 4.83 Å². The number of para-hydroxylation sites is 2. The maximum atomic E-state index is 12.3. The molecule has 2 aromatic rings. The summed E-state index contributed by atoms with van der Waals surface area (Å²) in [7, 11) is -2.38. The van der Waals surface area contributed by atoms with E-state index in [-0.39, 0.29) is 11.5 Å². The zero-order valence-electron chi connectivity index (χ0n) is 14.2. The van der Waals surface area contributed by atoms with Gasteiger partial charge in [0.15, 0.2) is 18.1 Å². The van der Waals surface area contributed by atoms with E-state index in [4.69, 9.17) is 9.47 Å². The average Bonchev–Trinajstić information content (AvgIpc) is 2.60. The number of sulfonamides is 1. The predicted molar refractivity (Wildman–Crippen MR) is 92.9 cm³/mol. The monoisotopic (exact) mass is 364 g/mol. The van der Waals surface area contributed by atoms with Crippen molar-refractivity contribution in [2.24, 2.45) is 0 Å². The number of carbonyl (C=O) groups is 1. The van der Waals surface area contributed by atoms with Crippen molar-refractivity contribution in [3.05, 3.63) is 53.6 Å². The summed E-state index contributed by atoms with van der Waals surface area (Å²) in [5.74, 6) is 0.226. The molecule has 2 aromatic carbocycles. The lowest BCUT2D eigenvalue weighted by molar-refractivity contribution is -0.123. The molecule has 0 spiro atoms. The lowest BCUT2D eigenvalue weighted by Gasteiger charge is -2.12. The summed E-state index contributed by atoms with van der Waals surface area (Å²) in [6, 6.07) is 11.9. The Bertz CT molecular complexity index is 865. The van der Waals surface area contributed by atoms with Crippen molar-refractivity contribution >= 4 is 15.9 Å². The molecule has 7 nitrogen and oxygen atoms in total. The van der Waals surface area contributed by atoms with Crippen LogP contribution < -0.4 is 19.7 Å². The molecule has 0 fully saturated rings. The molecule has 0 bridgehead atoms. The first-order chi connectivity index (χ1) is 11.8. The first kappa shape index (κ1) is 18.8. The number of ether oxygens (including phenoxy) is 2. The van der Waals surface area contributed by atoms with Gasteiger partial charge in [0.05, 0.1) is 12.0 Å². The highest BCUT2D eigenvalue weighted by atomic mass is 32.2. The third-order valence-electron chi connectivity index (χ3n) is 3.39. The summed E-state index contributed by atoms with van der Waals surface area (Å²) in [4.78, 5) is 14.0. The zero-order chi connectivity index (χ0) is 18.4. The van der Waals surface area contributed by atoms with Crippen LogP contribution in [0.4, 0.5) is 0 Å². The van der Waals surface area contributed by atoms with E-state index in [2.05, 4.69) is 10.3 Å². The molecule has 0 atom stereocenters. The number of hydrazine groups is 1. The van der Waals surface area contributed by atoms with Gasteiger partial charge in [-0.3, -0.25) is 10.2 Å². The fourth-order valence-electron chi connectivity index (χ4n) is 2.09. The Morgan fingerprint density at radius 2 is 1.76 bits per heavy atom. The molecule has 2 rings (SSSR count). The van der Waals surface area contributed by atoms with E-state index in [0.29, 0.717) is 17.1 Å². The van der Waals surface area contributed by atoms with Gasteiger partial charge >= 0.3 is 0 Å². The Morgan fingerprint density at radius 3 is 2.44 bits per heavy atom. The maximum Gasteiger partial charge on any atom is 0.272 e. The highest BCUT2D eigenvalue weighted by Gasteiger charge is 2.18. The number of carbonyl (C=O) groups excluding carboxylic acids is 1. The van der Waals surface area contributed by atoms with E-state index in [1.807, 2.05) is 6.07 Å². The number of methoxy groups -OCH3 is 1. The Morgan fingerprint density at radius 1 is 1.08 bits per heavy atom. The number of hydrogen-bond donors (Lipinski definition) is 2. The number of rotatable bonds is 7. The summed E-state index contributed by atoms with van der Waals surface area (Å²) in [5, 5.41) is 0. The van der Waals surface area contributed by atoms with Crippen molar-refractivity contribution in [2.75, 3.05) is 13.7 Å². The van der Waals surface area contributed by atoms with Crippen LogP contribution in [0, 0.1) is 13.8 Å². The smallest absolute Gasteiger partial charge is 0.272 e. The van der Waals surface area contributed by atoms with Crippen LogP contribution in [0.15, 0.2) is 47.4 Å². The Balaban J connectivity index is 1.96. The van der Waals surface area contributed by atoms with E-state index in [9.17, 15) is 13.2 Å². The molecule has 1 amide bonds. The molecule has 0 unspecified atom stereocenters. The SMILES string of the molecule is COc1ccccc1OCC(=O)NNS(=O)(=O)c1cc(C)ccc1C. The van der Waals surface area contributed by atoms with Crippen molar-refractivity contribution in [3.8, 4) is 11.5 Å². The van der Waals surface area contributed by atoms with Crippen molar-refractivity contribution in [1.82, 2.24) is 10.3 Å². The van der Waals surface area contributed by atoms with Crippen LogP contribution in [0.2, 0.25) is 0 Å². The van der Waals surface area contributed by atoms with Gasteiger partial charge < -0.3 is 9.47 Å². The number of hydrogen-bond acceptors (Lipinski definition) is 5. The van der Waals surface area contributed by atoms with E-state index in [0.717, 1.165) is 5.56 Å². The van der Waals surface area contributed by atoms with E-state index < -0.39 is 15.9 Å². The molecule has 0 aliphatic heterocycles. The number of amides is 1. The molecule has 25 heavy (non-hydrogen) atoms. The lowest BCUT2D eigenvalue weighted by Crippen LogP contribution is -2.43. The number of nitrogens with one attached hydrogen (secondary N) is 2.